The molecule has 0 unspecified atom stereocenters. The maximum atomic E-state index is 5.44. The second-order valence-electron chi connectivity index (χ2n) is 3.91. The van der Waals surface area contributed by atoms with Gasteiger partial charge in [-0.1, -0.05) is 29.4 Å². The van der Waals surface area contributed by atoms with Crippen LogP contribution in [-0.4, -0.2) is 16.7 Å². The molecule has 0 spiro atoms. The number of rotatable bonds is 6. The molecule has 2 rings (SSSR count). The molecular weight excluding hydrogens is 230 g/mol. The minimum Gasteiger partial charge on any atom is -0.377 e. The van der Waals surface area contributed by atoms with E-state index in [-0.39, 0.29) is 0 Å². The molecule has 0 aliphatic carbocycles. The Hall–Kier alpha value is -1.88. The van der Waals surface area contributed by atoms with Crippen molar-refractivity contribution in [3.8, 4) is 0 Å². The van der Waals surface area contributed by atoms with Crippen LogP contribution in [0.3, 0.4) is 0 Å². The normalized spacial score (nSPS) is 10.6. The van der Waals surface area contributed by atoms with E-state index in [9.17, 15) is 0 Å². The third-order valence-electron chi connectivity index (χ3n) is 2.54. The predicted molar refractivity (Wildman–Crippen MR) is 68.1 cm³/mol. The molecule has 0 atom stereocenters. The van der Waals surface area contributed by atoms with Gasteiger partial charge in [0.15, 0.2) is 5.82 Å². The van der Waals surface area contributed by atoms with Gasteiger partial charge in [0, 0.05) is 13.2 Å². The minimum absolute atomic E-state index is 0.443. The summed E-state index contributed by atoms with van der Waals surface area (Å²) in [5.74, 6) is 0.625. The van der Waals surface area contributed by atoms with Gasteiger partial charge in [0.1, 0.15) is 0 Å². The van der Waals surface area contributed by atoms with Gasteiger partial charge in [-0.25, -0.2) is 0 Å². The number of aryl methyl sites for hydroxylation is 1. The second-order valence-corrected chi connectivity index (χ2v) is 3.91. The molecule has 0 aliphatic rings. The van der Waals surface area contributed by atoms with Crippen LogP contribution in [0.5, 0.6) is 0 Å². The molecule has 1 heterocycles. The van der Waals surface area contributed by atoms with Crippen molar-refractivity contribution in [3.05, 3.63) is 41.2 Å². The lowest BCUT2D eigenvalue weighted by Crippen LogP contribution is -2.04. The molecule has 18 heavy (non-hydrogen) atoms. The standard InChI is InChI=1S/C13H17N3O2/c1-3-17-9-12-7-5-4-6-11(12)8-14-13-15-10(2)16-18-13/h4-7H,3,8-9H2,1-2H3,(H,14,15,16). The summed E-state index contributed by atoms with van der Waals surface area (Å²) in [5, 5.41) is 6.83. The van der Waals surface area contributed by atoms with E-state index in [4.69, 9.17) is 9.26 Å². The molecule has 1 N–H and O–H groups in total. The highest BCUT2D eigenvalue weighted by atomic mass is 16.5. The summed E-state index contributed by atoms with van der Waals surface area (Å²) in [5.41, 5.74) is 2.34. The van der Waals surface area contributed by atoms with Crippen LogP contribution in [0, 0.1) is 6.92 Å². The number of aromatic nitrogens is 2. The fourth-order valence-electron chi connectivity index (χ4n) is 1.62. The Morgan fingerprint density at radius 3 is 2.72 bits per heavy atom. The fourth-order valence-corrected chi connectivity index (χ4v) is 1.62. The van der Waals surface area contributed by atoms with E-state index in [0.29, 0.717) is 31.6 Å². The lowest BCUT2D eigenvalue weighted by Gasteiger charge is -2.09. The summed E-state index contributed by atoms with van der Waals surface area (Å²) in [6.07, 6.45) is 0. The van der Waals surface area contributed by atoms with Crippen molar-refractivity contribution in [3.63, 3.8) is 0 Å². The highest BCUT2D eigenvalue weighted by Gasteiger charge is 2.04. The highest BCUT2D eigenvalue weighted by molar-refractivity contribution is 5.30. The summed E-state index contributed by atoms with van der Waals surface area (Å²) < 4.78 is 10.4. The maximum absolute atomic E-state index is 5.44. The first-order valence-electron chi connectivity index (χ1n) is 5.98. The SMILES string of the molecule is CCOCc1ccccc1CNc1nc(C)no1. The van der Waals surface area contributed by atoms with Crippen molar-refractivity contribution in [1.29, 1.82) is 0 Å². The molecule has 0 saturated heterocycles. The third-order valence-corrected chi connectivity index (χ3v) is 2.54. The maximum Gasteiger partial charge on any atom is 0.321 e. The first-order valence-corrected chi connectivity index (χ1v) is 5.98. The molecule has 0 amide bonds. The summed E-state index contributed by atoms with van der Waals surface area (Å²) in [6, 6.07) is 8.58. The Bertz CT molecular complexity index is 496. The Morgan fingerprint density at radius 1 is 1.28 bits per heavy atom. The zero-order valence-electron chi connectivity index (χ0n) is 10.6. The molecule has 0 aliphatic heterocycles. The average Bonchev–Trinajstić information content (AvgIpc) is 2.81. The Morgan fingerprint density at radius 2 is 2.06 bits per heavy atom. The Balaban J connectivity index is 1.99. The summed E-state index contributed by atoms with van der Waals surface area (Å²) >= 11 is 0. The number of nitrogens with zero attached hydrogens (tertiary/aromatic N) is 2. The summed E-state index contributed by atoms with van der Waals surface area (Å²) in [4.78, 5) is 4.10. The molecule has 2 aromatic rings. The molecule has 5 nitrogen and oxygen atoms in total. The van der Waals surface area contributed by atoms with E-state index in [1.165, 1.54) is 11.1 Å². The zero-order valence-corrected chi connectivity index (χ0v) is 10.6. The van der Waals surface area contributed by atoms with Crippen LogP contribution in [0.15, 0.2) is 28.8 Å². The van der Waals surface area contributed by atoms with E-state index >= 15 is 0 Å². The lowest BCUT2D eigenvalue weighted by molar-refractivity contribution is 0.133. The van der Waals surface area contributed by atoms with E-state index in [1.807, 2.05) is 19.1 Å². The van der Waals surface area contributed by atoms with Crippen LogP contribution in [0.25, 0.3) is 0 Å². The zero-order chi connectivity index (χ0) is 12.8. The number of anilines is 1. The largest absolute Gasteiger partial charge is 0.377 e. The summed E-state index contributed by atoms with van der Waals surface area (Å²) in [6.45, 7) is 5.76. The molecule has 5 heteroatoms. The average molecular weight is 247 g/mol. The molecule has 0 saturated carbocycles. The Labute approximate surface area is 106 Å². The first kappa shape index (κ1) is 12.6. The topological polar surface area (TPSA) is 60.2 Å². The molecule has 1 aromatic heterocycles. The van der Waals surface area contributed by atoms with Gasteiger partial charge in [-0.15, -0.1) is 0 Å². The van der Waals surface area contributed by atoms with Gasteiger partial charge in [-0.3, -0.25) is 0 Å². The van der Waals surface area contributed by atoms with Gasteiger partial charge in [-0.05, 0) is 25.0 Å². The van der Waals surface area contributed by atoms with Crippen LogP contribution >= 0.6 is 0 Å². The van der Waals surface area contributed by atoms with Gasteiger partial charge in [0.2, 0.25) is 0 Å². The van der Waals surface area contributed by atoms with Crippen LogP contribution < -0.4 is 5.32 Å². The van der Waals surface area contributed by atoms with Crippen molar-refractivity contribution < 1.29 is 9.26 Å². The number of nitrogens with one attached hydrogen (secondary N) is 1. The van der Waals surface area contributed by atoms with Crippen molar-refractivity contribution in [2.24, 2.45) is 0 Å². The van der Waals surface area contributed by atoms with E-state index in [2.05, 4.69) is 27.6 Å². The molecule has 96 valence electrons. The molecule has 0 fully saturated rings. The van der Waals surface area contributed by atoms with E-state index in [0.717, 1.165) is 0 Å². The minimum atomic E-state index is 0.443. The van der Waals surface area contributed by atoms with Crippen LogP contribution in [-0.2, 0) is 17.9 Å². The first-order chi connectivity index (χ1) is 8.79. The number of benzene rings is 1. The lowest BCUT2D eigenvalue weighted by atomic mass is 10.1. The van der Waals surface area contributed by atoms with Gasteiger partial charge >= 0.3 is 6.01 Å². The van der Waals surface area contributed by atoms with Gasteiger partial charge in [0.25, 0.3) is 0 Å². The van der Waals surface area contributed by atoms with Crippen LogP contribution in [0.2, 0.25) is 0 Å². The molecular formula is C13H17N3O2. The number of hydrogen-bond acceptors (Lipinski definition) is 5. The fraction of sp³-hybridized carbons (Fsp3) is 0.385. The van der Waals surface area contributed by atoms with E-state index in [1.54, 1.807) is 6.92 Å². The smallest absolute Gasteiger partial charge is 0.321 e. The molecule has 0 radical (unpaired) electrons. The van der Waals surface area contributed by atoms with E-state index < -0.39 is 0 Å². The summed E-state index contributed by atoms with van der Waals surface area (Å²) in [7, 11) is 0. The van der Waals surface area contributed by atoms with Crippen LogP contribution in [0.4, 0.5) is 6.01 Å². The molecule has 1 aromatic carbocycles. The van der Waals surface area contributed by atoms with Gasteiger partial charge in [0.05, 0.1) is 6.61 Å². The third kappa shape index (κ3) is 3.30. The second kappa shape index (κ2) is 6.16. The predicted octanol–water partition coefficient (Wildman–Crippen LogP) is 2.53. The molecule has 0 bridgehead atoms. The number of hydrogen-bond donors (Lipinski definition) is 1. The number of ether oxygens (including phenoxy) is 1. The monoisotopic (exact) mass is 247 g/mol. The highest BCUT2D eigenvalue weighted by Crippen LogP contribution is 2.12. The Kier molecular flexibility index (Phi) is 4.30. The van der Waals surface area contributed by atoms with Gasteiger partial charge < -0.3 is 14.6 Å². The quantitative estimate of drug-likeness (QED) is 0.850. The van der Waals surface area contributed by atoms with Crippen molar-refractivity contribution in [2.75, 3.05) is 11.9 Å². The van der Waals surface area contributed by atoms with Crippen molar-refractivity contribution >= 4 is 6.01 Å². The van der Waals surface area contributed by atoms with Crippen molar-refractivity contribution in [2.45, 2.75) is 27.0 Å². The van der Waals surface area contributed by atoms with Crippen molar-refractivity contribution in [1.82, 2.24) is 10.1 Å². The van der Waals surface area contributed by atoms with Gasteiger partial charge in [-0.2, -0.15) is 4.98 Å². The van der Waals surface area contributed by atoms with Crippen LogP contribution in [0.1, 0.15) is 23.9 Å².